The first-order valence-electron chi connectivity index (χ1n) is 23.5. The molecule has 63 heavy (non-hydrogen) atoms. The predicted molar refractivity (Wildman–Crippen MR) is 257 cm³/mol. The Hall–Kier alpha value is -8.41. The lowest BCUT2D eigenvalue weighted by Crippen LogP contribution is -2.03. The maximum Gasteiger partial charge on any atom is 0.167 e. The zero-order valence-electron chi connectivity index (χ0n) is 38.6. The Kier molecular flexibility index (Phi) is 6.84. The second-order valence-corrected chi connectivity index (χ2v) is 15.9. The predicted octanol–water partition coefficient (Wildman–Crippen LogP) is 14.8. The number of para-hydroxylation sites is 3. The standard InChI is InChI=1S/C58H36N4O/c1-3-16-36(17-4-1)38-21-13-22-39(32-38)43-26-14-28-47-50-34-41(62-52-30-11-9-24-45(52)46-25-10-12-31-53(46)62)35-51(55(50)63-54(43)47)58-60-56(37-18-5-2-6-19-37)59-57(61-58)48-29-15-27-44-42-23-8-7-20-40(42)33-49(44)48/h1-32,34-35H,33H2/i2D,5D,6D,18D,19D. The monoisotopic (exact) mass is 809 g/mol. The highest BCUT2D eigenvalue weighted by Gasteiger charge is 2.26. The molecule has 5 heteroatoms. The normalized spacial score (nSPS) is 13.2. The highest BCUT2D eigenvalue weighted by molar-refractivity contribution is 6.15. The average molecular weight is 810 g/mol. The zero-order chi connectivity index (χ0) is 45.8. The van der Waals surface area contributed by atoms with Gasteiger partial charge in [0, 0.05) is 43.9 Å². The summed E-state index contributed by atoms with van der Waals surface area (Å²) in [5.74, 6) is 0.496. The van der Waals surface area contributed by atoms with E-state index in [9.17, 15) is 0 Å². The molecule has 3 aromatic heterocycles. The van der Waals surface area contributed by atoms with Crippen LogP contribution in [0.2, 0.25) is 0 Å². The Morgan fingerprint density at radius 3 is 1.83 bits per heavy atom. The molecule has 0 radical (unpaired) electrons. The Bertz CT molecular complexity index is 4000. The molecule has 1 aliphatic rings. The van der Waals surface area contributed by atoms with Gasteiger partial charge < -0.3 is 8.98 Å². The third-order valence-electron chi connectivity index (χ3n) is 12.4. The summed E-state index contributed by atoms with van der Waals surface area (Å²) >= 11 is 0. The molecule has 13 rings (SSSR count). The molecule has 0 saturated carbocycles. The zero-order valence-corrected chi connectivity index (χ0v) is 33.6. The van der Waals surface area contributed by atoms with Gasteiger partial charge in [-0.1, -0.05) is 176 Å². The lowest BCUT2D eigenvalue weighted by Gasteiger charge is -2.13. The molecule has 294 valence electrons. The van der Waals surface area contributed by atoms with E-state index in [4.69, 9.17) is 26.2 Å². The molecule has 1 aliphatic carbocycles. The van der Waals surface area contributed by atoms with Crippen LogP contribution in [0.25, 0.3) is 117 Å². The summed E-state index contributed by atoms with van der Waals surface area (Å²) in [6.45, 7) is 0. The number of rotatable bonds is 6. The second-order valence-electron chi connectivity index (χ2n) is 15.9. The third kappa shape index (κ3) is 5.67. The van der Waals surface area contributed by atoms with Crippen molar-refractivity contribution in [3.63, 3.8) is 0 Å². The molecule has 0 aliphatic heterocycles. The fourth-order valence-corrected chi connectivity index (χ4v) is 9.56. The summed E-state index contributed by atoms with van der Waals surface area (Å²) in [4.78, 5) is 15.4. The van der Waals surface area contributed by atoms with Gasteiger partial charge in [-0.25, -0.2) is 15.0 Å². The van der Waals surface area contributed by atoms with E-state index in [1.54, 1.807) is 0 Å². The molecule has 0 spiro atoms. The van der Waals surface area contributed by atoms with Crippen LogP contribution in [0.1, 0.15) is 18.0 Å². The maximum absolute atomic E-state index is 9.10. The molecule has 5 nitrogen and oxygen atoms in total. The number of benzene rings is 9. The fraction of sp³-hybridized carbons (Fsp3) is 0.0172. The topological polar surface area (TPSA) is 56.7 Å². The molecule has 0 unspecified atom stereocenters. The van der Waals surface area contributed by atoms with E-state index >= 15 is 0 Å². The summed E-state index contributed by atoms with van der Waals surface area (Å²) in [5, 5.41) is 3.93. The number of fused-ring (bicyclic) bond motifs is 9. The summed E-state index contributed by atoms with van der Waals surface area (Å²) in [6, 6.07) is 58.0. The van der Waals surface area contributed by atoms with Crippen molar-refractivity contribution in [1.29, 1.82) is 0 Å². The van der Waals surface area contributed by atoms with Crippen molar-refractivity contribution in [2.24, 2.45) is 0 Å². The van der Waals surface area contributed by atoms with Gasteiger partial charge in [0.25, 0.3) is 0 Å². The molecule has 0 amide bonds. The molecular formula is C58H36N4O. The van der Waals surface area contributed by atoms with Gasteiger partial charge in [0.15, 0.2) is 17.5 Å². The number of hydrogen-bond acceptors (Lipinski definition) is 4. The number of nitrogens with zero attached hydrogens (tertiary/aromatic N) is 4. The van der Waals surface area contributed by atoms with Crippen molar-refractivity contribution in [3.8, 4) is 73.2 Å². The van der Waals surface area contributed by atoms with E-state index in [2.05, 4.69) is 120 Å². The van der Waals surface area contributed by atoms with Crippen LogP contribution in [0.4, 0.5) is 0 Å². The smallest absolute Gasteiger partial charge is 0.167 e. The van der Waals surface area contributed by atoms with Gasteiger partial charge in [0.1, 0.15) is 11.2 Å². The summed E-state index contributed by atoms with van der Waals surface area (Å²) < 4.78 is 53.4. The Morgan fingerprint density at radius 1 is 0.413 bits per heavy atom. The molecule has 0 saturated heterocycles. The first-order chi connectivity index (χ1) is 33.3. The lowest BCUT2D eigenvalue weighted by molar-refractivity contribution is 0.670. The minimum Gasteiger partial charge on any atom is -0.455 e. The Labute approximate surface area is 370 Å². The maximum atomic E-state index is 9.10. The largest absolute Gasteiger partial charge is 0.455 e. The van der Waals surface area contributed by atoms with Gasteiger partial charge in [0.2, 0.25) is 0 Å². The molecule has 9 aromatic carbocycles. The number of aromatic nitrogens is 4. The van der Waals surface area contributed by atoms with Crippen LogP contribution in [-0.4, -0.2) is 19.5 Å². The molecular weight excluding hydrogens is 769 g/mol. The molecule has 0 N–H and O–H groups in total. The third-order valence-corrected chi connectivity index (χ3v) is 12.4. The first kappa shape index (κ1) is 30.6. The highest BCUT2D eigenvalue weighted by atomic mass is 16.3. The van der Waals surface area contributed by atoms with Crippen molar-refractivity contribution >= 4 is 43.7 Å². The minimum absolute atomic E-state index is 0.0416. The van der Waals surface area contributed by atoms with Gasteiger partial charge in [0.05, 0.1) is 23.5 Å². The summed E-state index contributed by atoms with van der Waals surface area (Å²) in [7, 11) is 0. The van der Waals surface area contributed by atoms with Crippen molar-refractivity contribution in [1.82, 2.24) is 19.5 Å². The van der Waals surface area contributed by atoms with Crippen LogP contribution in [0.3, 0.4) is 0 Å². The van der Waals surface area contributed by atoms with Crippen molar-refractivity contribution in [2.45, 2.75) is 6.42 Å². The van der Waals surface area contributed by atoms with Gasteiger partial charge in [-0.15, -0.1) is 0 Å². The van der Waals surface area contributed by atoms with Gasteiger partial charge >= 0.3 is 0 Å². The van der Waals surface area contributed by atoms with Crippen molar-refractivity contribution in [3.05, 3.63) is 217 Å². The average Bonchev–Trinajstić information content (AvgIpc) is 4.07. The van der Waals surface area contributed by atoms with Crippen LogP contribution in [-0.2, 0) is 6.42 Å². The highest BCUT2D eigenvalue weighted by Crippen LogP contribution is 2.45. The second kappa shape index (κ2) is 14.1. The molecule has 3 heterocycles. The molecule has 12 aromatic rings. The van der Waals surface area contributed by atoms with Crippen molar-refractivity contribution in [2.75, 3.05) is 0 Å². The fourth-order valence-electron chi connectivity index (χ4n) is 9.56. The van der Waals surface area contributed by atoms with E-state index in [1.807, 2.05) is 60.7 Å². The first-order valence-corrected chi connectivity index (χ1v) is 21.0. The Balaban J connectivity index is 1.13. The minimum atomic E-state index is -0.495. The van der Waals surface area contributed by atoms with Crippen molar-refractivity contribution < 1.29 is 11.3 Å². The number of furan rings is 1. The quantitative estimate of drug-likeness (QED) is 0.168. The molecule has 0 bridgehead atoms. The van der Waals surface area contributed by atoms with E-state index in [0.29, 0.717) is 29.0 Å². The van der Waals surface area contributed by atoms with E-state index in [-0.39, 0.29) is 17.2 Å². The Morgan fingerprint density at radius 2 is 1.00 bits per heavy atom. The van der Waals surface area contributed by atoms with Crippen LogP contribution in [0, 0.1) is 0 Å². The van der Waals surface area contributed by atoms with Gasteiger partial charge in [-0.05, 0) is 75.7 Å². The van der Waals surface area contributed by atoms with E-state index in [0.717, 1.165) is 82.8 Å². The summed E-state index contributed by atoms with van der Waals surface area (Å²) in [6.07, 6.45) is 0.651. The van der Waals surface area contributed by atoms with Gasteiger partial charge in [-0.2, -0.15) is 0 Å². The van der Waals surface area contributed by atoms with Crippen LogP contribution in [0.5, 0.6) is 0 Å². The SMILES string of the molecule is [2H]c1c([2H])c([2H])c(-c2nc(-c3cccc4c3Cc3ccccc3-4)nc(-c3cc(-n4c5ccccc5c5ccccc54)cc4c3oc3c(-c5cccc(-c6ccccc6)c5)cccc34)n2)c([2H])c1[2H]. The van der Waals surface area contributed by atoms with Crippen LogP contribution < -0.4 is 0 Å². The molecule has 0 fully saturated rings. The van der Waals surface area contributed by atoms with Crippen LogP contribution in [0.15, 0.2) is 211 Å². The summed E-state index contributed by atoms with van der Waals surface area (Å²) in [5.41, 5.74) is 13.8. The van der Waals surface area contributed by atoms with E-state index in [1.165, 1.54) is 5.56 Å². The van der Waals surface area contributed by atoms with Crippen LogP contribution >= 0.6 is 0 Å². The van der Waals surface area contributed by atoms with Gasteiger partial charge in [-0.3, -0.25) is 0 Å². The number of hydrogen-bond donors (Lipinski definition) is 0. The molecule has 0 atom stereocenters. The van der Waals surface area contributed by atoms with E-state index < -0.39 is 30.2 Å². The lowest BCUT2D eigenvalue weighted by atomic mass is 9.97.